The standard InChI is InChI=1S/C15H17ClN2O/c1-18-13-8-4-7-12(16)11(13)9-14(18)15(19)17-10-5-2-3-6-10/h4,7-10H,2-3,5-6H2,1H3,(H,17,19). The molecule has 0 bridgehead atoms. The average molecular weight is 277 g/mol. The van der Waals surface area contributed by atoms with Crippen molar-refractivity contribution in [2.24, 2.45) is 7.05 Å². The minimum Gasteiger partial charge on any atom is -0.348 e. The number of rotatable bonds is 2. The Morgan fingerprint density at radius 1 is 1.37 bits per heavy atom. The summed E-state index contributed by atoms with van der Waals surface area (Å²) in [5, 5.41) is 4.74. The van der Waals surface area contributed by atoms with E-state index in [-0.39, 0.29) is 5.91 Å². The summed E-state index contributed by atoms with van der Waals surface area (Å²) < 4.78 is 1.91. The summed E-state index contributed by atoms with van der Waals surface area (Å²) in [6, 6.07) is 7.95. The molecule has 19 heavy (non-hydrogen) atoms. The molecule has 1 amide bonds. The fraction of sp³-hybridized carbons (Fsp3) is 0.400. The summed E-state index contributed by atoms with van der Waals surface area (Å²) in [5.41, 5.74) is 1.67. The third-order valence-corrected chi connectivity index (χ3v) is 4.29. The molecule has 1 aromatic carbocycles. The smallest absolute Gasteiger partial charge is 0.268 e. The Kier molecular flexibility index (Phi) is 3.23. The van der Waals surface area contributed by atoms with Crippen LogP contribution in [0.1, 0.15) is 36.2 Å². The average Bonchev–Trinajstić information content (AvgIpc) is 2.99. The normalized spacial score (nSPS) is 16.1. The molecule has 2 aromatic rings. The molecule has 1 saturated carbocycles. The first kappa shape index (κ1) is 12.5. The number of aryl methyl sites for hydroxylation is 1. The van der Waals surface area contributed by atoms with E-state index in [4.69, 9.17) is 11.6 Å². The van der Waals surface area contributed by atoms with Crippen LogP contribution in [0.3, 0.4) is 0 Å². The van der Waals surface area contributed by atoms with E-state index in [1.807, 2.05) is 35.9 Å². The van der Waals surface area contributed by atoms with Gasteiger partial charge in [-0.25, -0.2) is 0 Å². The largest absolute Gasteiger partial charge is 0.348 e. The van der Waals surface area contributed by atoms with E-state index in [2.05, 4.69) is 5.32 Å². The lowest BCUT2D eigenvalue weighted by Crippen LogP contribution is -2.33. The lowest BCUT2D eigenvalue weighted by molar-refractivity contribution is 0.0930. The molecule has 1 N–H and O–H groups in total. The first-order chi connectivity index (χ1) is 9.16. The number of carbonyl (C=O) groups excluding carboxylic acids is 1. The van der Waals surface area contributed by atoms with Crippen LogP contribution < -0.4 is 5.32 Å². The van der Waals surface area contributed by atoms with Crippen LogP contribution in [-0.4, -0.2) is 16.5 Å². The Labute approximate surface area is 117 Å². The predicted octanol–water partition coefficient (Wildman–Crippen LogP) is 3.50. The second-order valence-corrected chi connectivity index (χ2v) is 5.62. The number of aromatic nitrogens is 1. The van der Waals surface area contributed by atoms with Crippen molar-refractivity contribution in [1.29, 1.82) is 0 Å². The maximum absolute atomic E-state index is 12.3. The number of nitrogens with zero attached hydrogens (tertiary/aromatic N) is 1. The number of nitrogens with one attached hydrogen (secondary N) is 1. The van der Waals surface area contributed by atoms with Crippen molar-refractivity contribution in [2.45, 2.75) is 31.7 Å². The highest BCUT2D eigenvalue weighted by molar-refractivity contribution is 6.35. The van der Waals surface area contributed by atoms with E-state index in [9.17, 15) is 4.79 Å². The van der Waals surface area contributed by atoms with Gasteiger partial charge >= 0.3 is 0 Å². The number of hydrogen-bond donors (Lipinski definition) is 1. The van der Waals surface area contributed by atoms with E-state index >= 15 is 0 Å². The van der Waals surface area contributed by atoms with Gasteiger partial charge in [0.25, 0.3) is 5.91 Å². The van der Waals surface area contributed by atoms with Crippen LogP contribution in [0.4, 0.5) is 0 Å². The van der Waals surface area contributed by atoms with Gasteiger partial charge in [-0.1, -0.05) is 30.5 Å². The van der Waals surface area contributed by atoms with Crippen molar-refractivity contribution in [2.75, 3.05) is 0 Å². The van der Waals surface area contributed by atoms with Crippen LogP contribution in [0, 0.1) is 0 Å². The van der Waals surface area contributed by atoms with Crippen molar-refractivity contribution in [3.63, 3.8) is 0 Å². The molecule has 100 valence electrons. The third kappa shape index (κ3) is 2.23. The van der Waals surface area contributed by atoms with Gasteiger partial charge in [0.1, 0.15) is 5.69 Å². The molecule has 3 rings (SSSR count). The van der Waals surface area contributed by atoms with Crippen molar-refractivity contribution in [1.82, 2.24) is 9.88 Å². The number of benzene rings is 1. The topological polar surface area (TPSA) is 34.0 Å². The minimum absolute atomic E-state index is 0.00154. The Bertz CT molecular complexity index is 626. The van der Waals surface area contributed by atoms with E-state index in [1.165, 1.54) is 12.8 Å². The number of amides is 1. The second-order valence-electron chi connectivity index (χ2n) is 5.22. The van der Waals surface area contributed by atoms with E-state index in [1.54, 1.807) is 0 Å². The fourth-order valence-electron chi connectivity index (χ4n) is 2.87. The Balaban J connectivity index is 1.93. The summed E-state index contributed by atoms with van der Waals surface area (Å²) in [5.74, 6) is 0.00154. The lowest BCUT2D eigenvalue weighted by atomic mass is 10.2. The molecule has 0 atom stereocenters. The van der Waals surface area contributed by atoms with Crippen molar-refractivity contribution in [3.05, 3.63) is 35.0 Å². The minimum atomic E-state index is 0.00154. The molecule has 0 saturated heterocycles. The van der Waals surface area contributed by atoms with E-state index in [0.717, 1.165) is 23.7 Å². The molecule has 4 heteroatoms. The highest BCUT2D eigenvalue weighted by atomic mass is 35.5. The van der Waals surface area contributed by atoms with Gasteiger partial charge in [0.15, 0.2) is 0 Å². The first-order valence-electron chi connectivity index (χ1n) is 6.71. The van der Waals surface area contributed by atoms with E-state index < -0.39 is 0 Å². The van der Waals surface area contributed by atoms with Crippen molar-refractivity contribution >= 4 is 28.4 Å². The van der Waals surface area contributed by atoms with Crippen LogP contribution in [0.2, 0.25) is 5.02 Å². The number of carbonyl (C=O) groups is 1. The molecule has 3 nitrogen and oxygen atoms in total. The SMILES string of the molecule is Cn1c(C(=O)NC2CCCC2)cc2c(Cl)cccc21. The van der Waals surface area contributed by atoms with Crippen LogP contribution in [0.25, 0.3) is 10.9 Å². The molecule has 0 unspecified atom stereocenters. The third-order valence-electron chi connectivity index (χ3n) is 3.96. The number of fused-ring (bicyclic) bond motifs is 1. The molecule has 1 aromatic heterocycles. The molecule has 1 aliphatic carbocycles. The van der Waals surface area contributed by atoms with Gasteiger partial charge in [-0.05, 0) is 31.0 Å². The van der Waals surface area contributed by atoms with Crippen LogP contribution in [0.5, 0.6) is 0 Å². The molecule has 1 heterocycles. The second kappa shape index (κ2) is 4.89. The lowest BCUT2D eigenvalue weighted by Gasteiger charge is -2.12. The molecule has 1 fully saturated rings. The van der Waals surface area contributed by atoms with Gasteiger partial charge in [-0.3, -0.25) is 4.79 Å². The highest BCUT2D eigenvalue weighted by Gasteiger charge is 2.20. The van der Waals surface area contributed by atoms with Crippen molar-refractivity contribution < 1.29 is 4.79 Å². The van der Waals surface area contributed by atoms with Crippen LogP contribution >= 0.6 is 11.6 Å². The fourth-order valence-corrected chi connectivity index (χ4v) is 3.10. The Morgan fingerprint density at radius 3 is 2.79 bits per heavy atom. The first-order valence-corrected chi connectivity index (χ1v) is 7.09. The van der Waals surface area contributed by atoms with Gasteiger partial charge in [-0.2, -0.15) is 0 Å². The van der Waals surface area contributed by atoms with Gasteiger partial charge in [0.05, 0.1) is 0 Å². The van der Waals surface area contributed by atoms with Crippen LogP contribution in [0.15, 0.2) is 24.3 Å². The summed E-state index contributed by atoms with van der Waals surface area (Å²) in [6.45, 7) is 0. The highest BCUT2D eigenvalue weighted by Crippen LogP contribution is 2.26. The predicted molar refractivity (Wildman–Crippen MR) is 77.7 cm³/mol. The molecule has 0 spiro atoms. The Hall–Kier alpha value is -1.48. The van der Waals surface area contributed by atoms with Gasteiger partial charge in [-0.15, -0.1) is 0 Å². The molecule has 1 aliphatic rings. The molecular weight excluding hydrogens is 260 g/mol. The number of halogens is 1. The number of hydrogen-bond acceptors (Lipinski definition) is 1. The molecule has 0 aliphatic heterocycles. The van der Waals surface area contributed by atoms with Crippen molar-refractivity contribution in [3.8, 4) is 0 Å². The zero-order valence-electron chi connectivity index (χ0n) is 10.9. The summed E-state index contributed by atoms with van der Waals surface area (Å²) in [4.78, 5) is 12.3. The van der Waals surface area contributed by atoms with Crippen LogP contribution in [-0.2, 0) is 7.05 Å². The molecule has 0 radical (unpaired) electrons. The maximum Gasteiger partial charge on any atom is 0.268 e. The summed E-state index contributed by atoms with van der Waals surface area (Å²) in [6.07, 6.45) is 4.62. The van der Waals surface area contributed by atoms with Gasteiger partial charge in [0.2, 0.25) is 0 Å². The van der Waals surface area contributed by atoms with Gasteiger partial charge in [0, 0.05) is 29.0 Å². The Morgan fingerprint density at radius 2 is 2.11 bits per heavy atom. The van der Waals surface area contributed by atoms with E-state index in [0.29, 0.717) is 16.8 Å². The quantitative estimate of drug-likeness (QED) is 0.895. The maximum atomic E-state index is 12.3. The zero-order valence-corrected chi connectivity index (χ0v) is 11.7. The monoisotopic (exact) mass is 276 g/mol. The van der Waals surface area contributed by atoms with Gasteiger partial charge < -0.3 is 9.88 Å². The zero-order chi connectivity index (χ0) is 13.4. The molecular formula is C15H17ClN2O. The summed E-state index contributed by atoms with van der Waals surface area (Å²) in [7, 11) is 1.90. The summed E-state index contributed by atoms with van der Waals surface area (Å²) >= 11 is 6.17.